The van der Waals surface area contributed by atoms with Gasteiger partial charge in [-0.25, -0.2) is 21.6 Å². The maximum absolute atomic E-state index is 13.5. The number of carbonyl (C=O) groups is 4. The maximum atomic E-state index is 13.5. The molecule has 6 aromatic carbocycles. The van der Waals surface area contributed by atoms with E-state index < -0.39 is 41.8 Å². The molecule has 0 unspecified atom stereocenters. The molecule has 2 amide bonds. The standard InChI is InChI=1S/C43H52N6O7S.C35H38N4O9S/c1-4-6-21-44-40(50)29-48-39-28-33(43(51)45-22-7-5-2)15-19-37(39)41(31-11-9-8-10-12-31)42(48)32-13-17-36(18-14-32)56-30-34-27-35(49(52)53)16-20-38(34)46-23-25-47(26-24-46)57(3,54)55;1-49(46,47)37-17-15-36(16-18-37)30-14-10-27(39(44)45)19-26(30)22-48-28-11-7-24(8-12-28)34-33(23-5-3-2-4-6-23)29-13-9-25(35(42)43)20-31(29)38(34)21-32(40)41/h4-5,13-20,27-28,31H,1-2,6-12,21-26,29-30H2,3H3,(H,44,50)(H,45,51);7-14,19-20,23H,2-6,15-18,21-22H2,1H3,(H,40,41)(H,42,43). The van der Waals surface area contributed by atoms with Crippen molar-refractivity contribution in [3.8, 4) is 34.0 Å². The number of rotatable bonds is 28. The average molecular weight is 1490 g/mol. The van der Waals surface area contributed by atoms with Crippen LogP contribution in [0.25, 0.3) is 44.3 Å². The fraction of sp³-hybridized carbons (Fsp3) is 0.385. The van der Waals surface area contributed by atoms with Crippen LogP contribution in [-0.2, 0) is 55.9 Å². The highest BCUT2D eigenvalue weighted by Crippen LogP contribution is 2.47. The van der Waals surface area contributed by atoms with Crippen LogP contribution in [0.4, 0.5) is 22.7 Å². The SMILES string of the molecule is C=CCCNC(=O)Cn1c(-c2ccc(OCc3cc([N+](=O)[O-])ccc3N3CCN(S(C)(=O)=O)CC3)cc2)c(C2CCCCC2)c2ccc(C(=O)NCCC=C)cc21.CS(=O)(=O)N1CCN(c2ccc([N+](=O)[O-])cc2COc2ccc(-c3c(C4CCCCC4)c4ccc(C(=O)O)cc4n3CC(=O)O)cc2)CC1. The molecule has 2 aliphatic heterocycles. The minimum Gasteiger partial charge on any atom is -0.489 e. The summed E-state index contributed by atoms with van der Waals surface area (Å²) in [6, 6.07) is 34.8. The molecule has 106 heavy (non-hydrogen) atoms. The lowest BCUT2D eigenvalue weighted by atomic mass is 9.81. The average Bonchev–Trinajstić information content (AvgIpc) is 1.59. The van der Waals surface area contributed by atoms with Gasteiger partial charge in [0.2, 0.25) is 26.0 Å². The van der Waals surface area contributed by atoms with Crippen molar-refractivity contribution in [2.45, 2.75) is 115 Å². The van der Waals surface area contributed by atoms with Gasteiger partial charge in [0.05, 0.1) is 50.3 Å². The molecule has 8 aromatic rings. The number of non-ortho nitro benzene ring substituents is 2. The van der Waals surface area contributed by atoms with Crippen LogP contribution < -0.4 is 29.9 Å². The molecule has 560 valence electrons. The number of nitro benzene ring substituents is 2. The highest BCUT2D eigenvalue weighted by atomic mass is 32.2. The van der Waals surface area contributed by atoms with Crippen LogP contribution in [0.15, 0.2) is 147 Å². The Morgan fingerprint density at radius 2 is 0.934 bits per heavy atom. The Morgan fingerprint density at radius 3 is 1.33 bits per heavy atom. The number of nitrogens with one attached hydrogen (secondary N) is 2. The van der Waals surface area contributed by atoms with Gasteiger partial charge in [0.25, 0.3) is 17.3 Å². The van der Waals surface area contributed by atoms with Gasteiger partial charge in [-0.15, -0.1) is 13.2 Å². The summed E-state index contributed by atoms with van der Waals surface area (Å²) in [4.78, 5) is 77.1. The van der Waals surface area contributed by atoms with Crippen molar-refractivity contribution in [3.63, 3.8) is 0 Å². The number of nitrogens with zero attached hydrogens (tertiary/aromatic N) is 8. The quantitative estimate of drug-likeness (QED) is 0.0153. The predicted molar refractivity (Wildman–Crippen MR) is 408 cm³/mol. The molecule has 26 nitrogen and oxygen atoms in total. The van der Waals surface area contributed by atoms with Crippen molar-refractivity contribution >= 4 is 88.4 Å². The fourth-order valence-corrected chi connectivity index (χ4v) is 16.8. The second kappa shape index (κ2) is 34.2. The summed E-state index contributed by atoms with van der Waals surface area (Å²) in [6.07, 6.45) is 17.8. The van der Waals surface area contributed by atoms with Gasteiger partial charge in [0.15, 0.2) is 0 Å². The molecule has 12 rings (SSSR count). The van der Waals surface area contributed by atoms with Crippen LogP contribution in [-0.4, -0.2) is 156 Å². The molecule has 0 spiro atoms. The van der Waals surface area contributed by atoms with Crippen LogP contribution in [0.2, 0.25) is 0 Å². The summed E-state index contributed by atoms with van der Waals surface area (Å²) in [7, 11) is -6.64. The van der Waals surface area contributed by atoms with Crippen molar-refractivity contribution in [1.29, 1.82) is 0 Å². The number of benzene rings is 6. The summed E-state index contributed by atoms with van der Waals surface area (Å²) < 4.78 is 67.2. The van der Waals surface area contributed by atoms with Crippen molar-refractivity contribution in [3.05, 3.63) is 200 Å². The number of hydrogen-bond acceptors (Lipinski definition) is 16. The Bertz CT molecular complexity index is 4840. The van der Waals surface area contributed by atoms with Gasteiger partial charge in [-0.1, -0.05) is 62.8 Å². The maximum Gasteiger partial charge on any atom is 0.335 e. The second-order valence-electron chi connectivity index (χ2n) is 27.4. The van der Waals surface area contributed by atoms with E-state index >= 15 is 0 Å². The predicted octanol–water partition coefficient (Wildman–Crippen LogP) is 12.6. The number of carbonyl (C=O) groups excluding carboxylic acids is 2. The number of nitro groups is 2. The van der Waals surface area contributed by atoms with Crippen LogP contribution in [0, 0.1) is 20.2 Å². The van der Waals surface area contributed by atoms with Crippen LogP contribution in [0.3, 0.4) is 0 Å². The molecular weight excluding hydrogens is 1400 g/mol. The number of carboxylic acid groups (broad SMARTS) is 2. The van der Waals surface area contributed by atoms with Gasteiger partial charge in [-0.3, -0.25) is 34.6 Å². The third kappa shape index (κ3) is 18.3. The Hall–Kier alpha value is -10.4. The fourth-order valence-electron chi connectivity index (χ4n) is 15.1. The van der Waals surface area contributed by atoms with Crippen LogP contribution in [0.1, 0.15) is 132 Å². The summed E-state index contributed by atoms with van der Waals surface area (Å²) in [5.41, 5.74) is 10.1. The summed E-state index contributed by atoms with van der Waals surface area (Å²) >= 11 is 0. The molecule has 2 saturated heterocycles. The number of anilines is 2. The first-order valence-corrected chi connectivity index (χ1v) is 39.5. The normalized spacial score (nSPS) is 15.7. The lowest BCUT2D eigenvalue weighted by Crippen LogP contribution is -2.48. The topological polar surface area (TPSA) is 329 Å². The lowest BCUT2D eigenvalue weighted by Gasteiger charge is -2.35. The number of sulfonamides is 2. The minimum atomic E-state index is -3.32. The molecule has 4 heterocycles. The summed E-state index contributed by atoms with van der Waals surface area (Å²) in [5.74, 6) is -0.939. The molecular formula is C78H90N10O16S2. The number of aromatic carboxylic acids is 1. The molecule has 2 aromatic heterocycles. The van der Waals surface area contributed by atoms with Crippen LogP contribution in [0.5, 0.6) is 11.5 Å². The van der Waals surface area contributed by atoms with E-state index in [0.29, 0.717) is 112 Å². The third-order valence-corrected chi connectivity index (χ3v) is 22.9. The number of hydrogen-bond donors (Lipinski definition) is 4. The zero-order chi connectivity index (χ0) is 75.4. The second-order valence-corrected chi connectivity index (χ2v) is 31.3. The van der Waals surface area contributed by atoms with E-state index in [1.54, 1.807) is 59.2 Å². The van der Waals surface area contributed by atoms with E-state index in [9.17, 15) is 66.5 Å². The van der Waals surface area contributed by atoms with Crippen molar-refractivity contribution in [1.82, 2.24) is 28.4 Å². The van der Waals surface area contributed by atoms with Gasteiger partial charge >= 0.3 is 11.9 Å². The Morgan fingerprint density at radius 1 is 0.528 bits per heavy atom. The van der Waals surface area contributed by atoms with E-state index in [0.717, 1.165) is 114 Å². The summed E-state index contributed by atoms with van der Waals surface area (Å²) in [6.45, 7) is 11.2. The van der Waals surface area contributed by atoms with Gasteiger partial charge in [0.1, 0.15) is 37.8 Å². The van der Waals surface area contributed by atoms with E-state index in [1.807, 2.05) is 69.0 Å². The number of ether oxygens (including phenoxy) is 2. The Labute approximate surface area is 616 Å². The van der Waals surface area contributed by atoms with Crippen LogP contribution >= 0.6 is 0 Å². The molecule has 28 heteroatoms. The highest BCUT2D eigenvalue weighted by molar-refractivity contribution is 7.88. The largest absolute Gasteiger partial charge is 0.489 e. The number of carboxylic acids is 2. The number of piperazine rings is 2. The zero-order valence-electron chi connectivity index (χ0n) is 59.7. The number of amides is 2. The molecule has 4 aliphatic rings. The molecule has 2 saturated carbocycles. The van der Waals surface area contributed by atoms with Crippen molar-refractivity contribution in [2.75, 3.05) is 87.8 Å². The lowest BCUT2D eigenvalue weighted by molar-refractivity contribution is -0.385. The molecule has 0 bridgehead atoms. The molecule has 0 atom stereocenters. The third-order valence-electron chi connectivity index (χ3n) is 20.3. The van der Waals surface area contributed by atoms with Gasteiger partial charge < -0.3 is 49.3 Å². The molecule has 4 N–H and O–H groups in total. The van der Waals surface area contributed by atoms with Gasteiger partial charge in [-0.05, 0) is 158 Å². The van der Waals surface area contributed by atoms with Crippen molar-refractivity contribution < 1.29 is 65.5 Å². The monoisotopic (exact) mass is 1490 g/mol. The minimum absolute atomic E-state index is 0.0210. The smallest absolute Gasteiger partial charge is 0.335 e. The molecule has 4 fully saturated rings. The highest BCUT2D eigenvalue weighted by Gasteiger charge is 2.33. The molecule has 0 radical (unpaired) electrons. The Kier molecular flexibility index (Phi) is 24.8. The zero-order valence-corrected chi connectivity index (χ0v) is 61.3. The van der Waals surface area contributed by atoms with Gasteiger partial charge in [-0.2, -0.15) is 8.61 Å². The van der Waals surface area contributed by atoms with Gasteiger partial charge in [0, 0.05) is 129 Å². The molecule has 2 aliphatic carbocycles. The van der Waals surface area contributed by atoms with E-state index in [2.05, 4.69) is 23.8 Å². The van der Waals surface area contributed by atoms with E-state index in [1.165, 1.54) is 57.4 Å². The number of aromatic nitrogens is 2. The number of aliphatic carboxylic acids is 1. The Balaban J connectivity index is 0.000000214. The van der Waals surface area contributed by atoms with E-state index in [-0.39, 0.29) is 66.9 Å². The summed E-state index contributed by atoms with van der Waals surface area (Å²) in [5, 5.41) is 50.8. The van der Waals surface area contributed by atoms with Crippen molar-refractivity contribution in [2.24, 2.45) is 0 Å². The van der Waals surface area contributed by atoms with E-state index in [4.69, 9.17) is 9.47 Å². The first-order valence-electron chi connectivity index (χ1n) is 35.8. The first-order chi connectivity index (χ1) is 50.9. The first kappa shape index (κ1) is 76.7. The number of fused-ring (bicyclic) bond motifs is 2.